The lowest BCUT2D eigenvalue weighted by Crippen LogP contribution is -2.67. The van der Waals surface area contributed by atoms with E-state index in [2.05, 4.69) is 85.8 Å². The molecule has 228 valence electrons. The molecule has 1 aliphatic heterocycles. The number of benzene rings is 1. The molecule has 1 aromatic rings. The van der Waals surface area contributed by atoms with Gasteiger partial charge >= 0.3 is 0 Å². The molecule has 1 heterocycles. The molecule has 1 saturated heterocycles. The van der Waals surface area contributed by atoms with Crippen LogP contribution in [-0.4, -0.2) is 44.3 Å². The highest BCUT2D eigenvalue weighted by molar-refractivity contribution is 6.74. The van der Waals surface area contributed by atoms with E-state index in [0.717, 1.165) is 18.4 Å². The van der Waals surface area contributed by atoms with Gasteiger partial charge in [0.15, 0.2) is 14.1 Å². The molecule has 4 unspecified atom stereocenters. The Bertz CT molecular complexity index is 1140. The third-order valence-electron chi connectivity index (χ3n) is 12.9. The standard InChI is InChI=1S/C35H54O5Si/c1-32(2,3)41(8,9)40-27-16-15-24-29-25(17-18-34(24,27)6)35(7)26(30-31(29)39-33(4,5)38-30)19-23(36)20-28(35)37-21-22-13-11-10-12-14-22/h10-14,24-31H,15-21H2,1-9H3/t24?,25?,26?,27-,28-,29?,30+,31+,34-,35+/m0/s1. The second-order valence-corrected chi connectivity index (χ2v) is 21.3. The van der Waals surface area contributed by atoms with Gasteiger partial charge < -0.3 is 18.6 Å². The summed E-state index contributed by atoms with van der Waals surface area (Å²) in [5.41, 5.74) is 1.15. The molecule has 5 nitrogen and oxygen atoms in total. The van der Waals surface area contributed by atoms with Crippen LogP contribution in [0, 0.1) is 34.5 Å². The van der Waals surface area contributed by atoms with Crippen molar-refractivity contribution < 1.29 is 23.4 Å². The molecule has 6 rings (SSSR count). The number of ether oxygens (including phenoxy) is 3. The molecule has 41 heavy (non-hydrogen) atoms. The van der Waals surface area contributed by atoms with Gasteiger partial charge in [0.05, 0.1) is 31.0 Å². The maximum absolute atomic E-state index is 13.3. The zero-order valence-corrected chi connectivity index (χ0v) is 28.0. The molecule has 0 amide bonds. The maximum Gasteiger partial charge on any atom is 0.192 e. The van der Waals surface area contributed by atoms with E-state index in [1.807, 2.05) is 6.07 Å². The molecule has 0 bridgehead atoms. The fourth-order valence-electron chi connectivity index (χ4n) is 9.69. The summed E-state index contributed by atoms with van der Waals surface area (Å²) < 4.78 is 27.6. The summed E-state index contributed by atoms with van der Waals surface area (Å²) in [7, 11) is -1.90. The lowest BCUT2D eigenvalue weighted by molar-refractivity contribution is -0.224. The third kappa shape index (κ3) is 4.83. The first-order valence-corrected chi connectivity index (χ1v) is 19.2. The van der Waals surface area contributed by atoms with Crippen molar-refractivity contribution in [1.82, 2.24) is 0 Å². The number of carbonyl (C=O) groups excluding carboxylic acids is 1. The monoisotopic (exact) mass is 582 g/mol. The van der Waals surface area contributed by atoms with Gasteiger partial charge in [-0.15, -0.1) is 0 Å². The minimum Gasteiger partial charge on any atom is -0.413 e. The van der Waals surface area contributed by atoms with Crippen molar-refractivity contribution in [2.24, 2.45) is 34.5 Å². The van der Waals surface area contributed by atoms with E-state index in [0.29, 0.717) is 49.1 Å². The third-order valence-corrected chi connectivity index (χ3v) is 17.4. The number of carbonyl (C=O) groups is 1. The lowest BCUT2D eigenvalue weighted by atomic mass is 9.43. The Balaban J connectivity index is 1.35. The Labute approximate surface area is 249 Å². The smallest absolute Gasteiger partial charge is 0.192 e. The summed E-state index contributed by atoms with van der Waals surface area (Å²) in [4.78, 5) is 13.3. The average Bonchev–Trinajstić information content (AvgIpc) is 3.38. The molecular formula is C35H54O5Si. The number of hydrogen-bond acceptors (Lipinski definition) is 5. The Morgan fingerprint density at radius 3 is 2.24 bits per heavy atom. The fourth-order valence-corrected chi connectivity index (χ4v) is 11.1. The fraction of sp³-hybridized carbons (Fsp3) is 0.800. The molecule has 5 aliphatic rings. The first-order valence-electron chi connectivity index (χ1n) is 16.3. The van der Waals surface area contributed by atoms with Crippen LogP contribution in [-0.2, 0) is 30.0 Å². The highest BCUT2D eigenvalue weighted by atomic mass is 28.4. The van der Waals surface area contributed by atoms with E-state index < -0.39 is 14.1 Å². The zero-order chi connectivity index (χ0) is 29.6. The highest BCUT2D eigenvalue weighted by Crippen LogP contribution is 2.69. The summed E-state index contributed by atoms with van der Waals surface area (Å²) in [6, 6.07) is 10.4. The van der Waals surface area contributed by atoms with Crippen LogP contribution >= 0.6 is 0 Å². The minimum atomic E-state index is -1.90. The molecule has 0 spiro atoms. The SMILES string of the molecule is CC1(C)O[C@@H]2C3C(CC[C@@]4(C)C3CC[C@@H]4O[Si](C)(C)C(C)(C)C)[C@]3(C)C(CC(=O)C[C@@H]3OCc3ccccc3)[C@H]2O1. The molecular weight excluding hydrogens is 528 g/mol. The first kappa shape index (κ1) is 30.0. The summed E-state index contributed by atoms with van der Waals surface area (Å²) in [5.74, 6) is 1.11. The molecule has 4 aliphatic carbocycles. The van der Waals surface area contributed by atoms with E-state index >= 15 is 0 Å². The van der Waals surface area contributed by atoms with Crippen LogP contribution in [0.3, 0.4) is 0 Å². The first-order chi connectivity index (χ1) is 19.1. The van der Waals surface area contributed by atoms with E-state index in [-0.39, 0.29) is 40.1 Å². The maximum atomic E-state index is 13.3. The van der Waals surface area contributed by atoms with Crippen molar-refractivity contribution in [3.8, 4) is 0 Å². The average molecular weight is 583 g/mol. The Morgan fingerprint density at radius 1 is 0.878 bits per heavy atom. The predicted molar refractivity (Wildman–Crippen MR) is 164 cm³/mol. The van der Waals surface area contributed by atoms with Crippen LogP contribution in [0.4, 0.5) is 0 Å². The summed E-state index contributed by atoms with van der Waals surface area (Å²) in [6.07, 6.45) is 5.82. The highest BCUT2D eigenvalue weighted by Gasteiger charge is 2.71. The Kier molecular flexibility index (Phi) is 7.30. The summed E-state index contributed by atoms with van der Waals surface area (Å²) in [6.45, 7) is 21.5. The Morgan fingerprint density at radius 2 is 1.56 bits per heavy atom. The molecule has 4 saturated carbocycles. The molecule has 0 aromatic heterocycles. The lowest BCUT2D eigenvalue weighted by Gasteiger charge is -2.64. The van der Waals surface area contributed by atoms with Crippen molar-refractivity contribution in [3.63, 3.8) is 0 Å². The summed E-state index contributed by atoms with van der Waals surface area (Å²) >= 11 is 0. The molecule has 5 fully saturated rings. The molecule has 0 N–H and O–H groups in total. The van der Waals surface area contributed by atoms with Gasteiger partial charge in [-0.25, -0.2) is 0 Å². The van der Waals surface area contributed by atoms with Crippen LogP contribution in [0.1, 0.15) is 92.6 Å². The van der Waals surface area contributed by atoms with Gasteiger partial charge in [-0.05, 0) is 86.4 Å². The van der Waals surface area contributed by atoms with Crippen LogP contribution in [0.25, 0.3) is 0 Å². The largest absolute Gasteiger partial charge is 0.413 e. The zero-order valence-electron chi connectivity index (χ0n) is 27.0. The second-order valence-electron chi connectivity index (χ2n) is 16.5. The number of Topliss-reactive ketones (excluding diaryl/α,β-unsaturated/α-hetero) is 1. The normalized spacial score (nSPS) is 43.7. The molecule has 10 atom stereocenters. The van der Waals surface area contributed by atoms with Crippen molar-refractivity contribution >= 4 is 14.1 Å². The van der Waals surface area contributed by atoms with Crippen molar-refractivity contribution in [2.75, 3.05) is 0 Å². The van der Waals surface area contributed by atoms with E-state index in [1.54, 1.807) is 0 Å². The second kappa shape index (κ2) is 9.98. The van der Waals surface area contributed by atoms with E-state index in [9.17, 15) is 4.79 Å². The molecule has 0 radical (unpaired) electrons. The van der Waals surface area contributed by atoms with Crippen LogP contribution < -0.4 is 0 Å². The minimum absolute atomic E-state index is 0.0185. The van der Waals surface area contributed by atoms with Gasteiger partial charge in [-0.2, -0.15) is 0 Å². The van der Waals surface area contributed by atoms with Crippen molar-refractivity contribution in [2.45, 2.75) is 142 Å². The van der Waals surface area contributed by atoms with Crippen LogP contribution in [0.2, 0.25) is 18.1 Å². The van der Waals surface area contributed by atoms with E-state index in [4.69, 9.17) is 18.6 Å². The van der Waals surface area contributed by atoms with Crippen LogP contribution in [0.15, 0.2) is 30.3 Å². The van der Waals surface area contributed by atoms with Gasteiger partial charge in [0.25, 0.3) is 0 Å². The van der Waals surface area contributed by atoms with Crippen molar-refractivity contribution in [1.29, 1.82) is 0 Å². The number of rotatable bonds is 5. The molecule has 1 aromatic carbocycles. The van der Waals surface area contributed by atoms with Crippen molar-refractivity contribution in [3.05, 3.63) is 35.9 Å². The van der Waals surface area contributed by atoms with Gasteiger partial charge in [0, 0.05) is 24.2 Å². The van der Waals surface area contributed by atoms with Gasteiger partial charge in [-0.3, -0.25) is 4.79 Å². The topological polar surface area (TPSA) is 54.0 Å². The number of hydrogen-bond donors (Lipinski definition) is 0. The van der Waals surface area contributed by atoms with Gasteiger partial charge in [0.2, 0.25) is 0 Å². The predicted octanol–water partition coefficient (Wildman–Crippen LogP) is 7.92. The number of ketones is 1. The van der Waals surface area contributed by atoms with Crippen LogP contribution in [0.5, 0.6) is 0 Å². The Hall–Kier alpha value is -1.05. The summed E-state index contributed by atoms with van der Waals surface area (Å²) in [5, 5.41) is 0.194. The molecule has 6 heteroatoms. The van der Waals surface area contributed by atoms with Gasteiger partial charge in [-0.1, -0.05) is 65.0 Å². The van der Waals surface area contributed by atoms with Gasteiger partial charge in [0.1, 0.15) is 5.78 Å². The number of fused-ring (bicyclic) bond motifs is 8. The van der Waals surface area contributed by atoms with E-state index in [1.165, 1.54) is 12.8 Å². The quantitative estimate of drug-likeness (QED) is 0.330.